The summed E-state index contributed by atoms with van der Waals surface area (Å²) in [7, 11) is -2.79. The molecular formula is C25H23F3N2O5S. The molecule has 0 radical (unpaired) electrons. The number of methoxy groups -OCH3 is 1. The Morgan fingerprint density at radius 3 is 2.08 bits per heavy atom. The molecule has 7 nitrogen and oxygen atoms in total. The Bertz CT molecular complexity index is 1320. The standard InChI is InChI=1S/C25H23F3N2O5S/c1-33-15-20-3-2-12-30(20)29-36(31,32)24-14-23-22(13-21(24)28)34-25(35-23,16-4-8-18(26)9-5-16)17-6-10-19(27)11-7-17/h4-11,13-14,20,29H,2-3,12,15H2,1H3/t20-/m0/s1. The first-order valence-electron chi connectivity index (χ1n) is 11.2. The Labute approximate surface area is 206 Å². The fourth-order valence-electron chi connectivity index (χ4n) is 4.48. The lowest BCUT2D eigenvalue weighted by molar-refractivity contribution is -0.0460. The zero-order chi connectivity index (χ0) is 25.5. The van der Waals surface area contributed by atoms with Gasteiger partial charge in [-0.15, -0.1) is 4.83 Å². The third-order valence-electron chi connectivity index (χ3n) is 6.22. The summed E-state index contributed by atoms with van der Waals surface area (Å²) in [5.74, 6) is -3.85. The Morgan fingerprint density at radius 2 is 1.53 bits per heavy atom. The van der Waals surface area contributed by atoms with E-state index in [-0.39, 0.29) is 17.5 Å². The fourth-order valence-corrected chi connectivity index (χ4v) is 5.70. The van der Waals surface area contributed by atoms with Crippen molar-refractivity contribution in [2.75, 3.05) is 20.3 Å². The minimum atomic E-state index is -4.31. The fraction of sp³-hybridized carbons (Fsp3) is 0.280. The monoisotopic (exact) mass is 520 g/mol. The second kappa shape index (κ2) is 9.40. The van der Waals surface area contributed by atoms with E-state index in [4.69, 9.17) is 14.2 Å². The van der Waals surface area contributed by atoms with E-state index < -0.39 is 38.2 Å². The van der Waals surface area contributed by atoms with Crippen molar-refractivity contribution in [3.63, 3.8) is 0 Å². The van der Waals surface area contributed by atoms with Crippen LogP contribution in [0, 0.1) is 17.5 Å². The molecule has 190 valence electrons. The number of halogens is 3. The minimum absolute atomic E-state index is 0.0414. The number of nitrogens with one attached hydrogen (secondary N) is 1. The molecule has 2 aliphatic heterocycles. The van der Waals surface area contributed by atoms with E-state index >= 15 is 4.39 Å². The van der Waals surface area contributed by atoms with E-state index in [0.717, 1.165) is 25.0 Å². The van der Waals surface area contributed by atoms with E-state index in [1.54, 1.807) is 0 Å². The zero-order valence-electron chi connectivity index (χ0n) is 19.2. The van der Waals surface area contributed by atoms with E-state index in [1.807, 2.05) is 0 Å². The van der Waals surface area contributed by atoms with Gasteiger partial charge in [0, 0.05) is 43.0 Å². The van der Waals surface area contributed by atoms with Gasteiger partial charge in [-0.25, -0.2) is 26.6 Å². The third-order valence-corrected chi connectivity index (χ3v) is 7.58. The SMILES string of the molecule is COC[C@@H]1CCCN1NS(=O)(=O)c1cc2c(cc1F)OC(c1ccc(F)cc1)(c1ccc(F)cc1)O2. The highest BCUT2D eigenvalue weighted by Gasteiger charge is 2.46. The highest BCUT2D eigenvalue weighted by molar-refractivity contribution is 7.89. The van der Waals surface area contributed by atoms with Crippen molar-refractivity contribution in [2.24, 2.45) is 0 Å². The maximum absolute atomic E-state index is 15.1. The quantitative estimate of drug-likeness (QED) is 0.506. The largest absolute Gasteiger partial charge is 0.440 e. The van der Waals surface area contributed by atoms with Gasteiger partial charge in [-0.1, -0.05) is 0 Å². The molecule has 0 aromatic heterocycles. The summed E-state index contributed by atoms with van der Waals surface area (Å²) in [5, 5.41) is 1.52. The highest BCUT2D eigenvalue weighted by Crippen LogP contribution is 2.49. The highest BCUT2D eigenvalue weighted by atomic mass is 32.2. The Kier molecular flexibility index (Phi) is 6.41. The van der Waals surface area contributed by atoms with Crippen LogP contribution in [0.2, 0.25) is 0 Å². The average molecular weight is 521 g/mol. The smallest absolute Gasteiger partial charge is 0.305 e. The lowest BCUT2D eigenvalue weighted by Gasteiger charge is -2.28. The summed E-state index contributed by atoms with van der Waals surface area (Å²) in [6, 6.07) is 12.3. The van der Waals surface area contributed by atoms with Gasteiger partial charge in [-0.3, -0.25) is 0 Å². The lowest BCUT2D eigenvalue weighted by Crippen LogP contribution is -2.46. The number of hydrogen-bond donors (Lipinski definition) is 1. The molecule has 3 aromatic carbocycles. The van der Waals surface area contributed by atoms with Crippen molar-refractivity contribution in [3.8, 4) is 11.5 Å². The van der Waals surface area contributed by atoms with Crippen LogP contribution in [0.1, 0.15) is 24.0 Å². The first-order valence-corrected chi connectivity index (χ1v) is 12.7. The molecular weight excluding hydrogens is 497 g/mol. The molecule has 2 heterocycles. The van der Waals surface area contributed by atoms with Gasteiger partial charge in [0.05, 0.1) is 6.61 Å². The molecule has 36 heavy (non-hydrogen) atoms. The normalized spacial score (nSPS) is 19.1. The number of ether oxygens (including phenoxy) is 3. The molecule has 1 saturated heterocycles. The number of hydrazine groups is 1. The topological polar surface area (TPSA) is 77.1 Å². The minimum Gasteiger partial charge on any atom is -0.440 e. The van der Waals surface area contributed by atoms with Crippen molar-refractivity contribution < 1.29 is 35.8 Å². The number of fused-ring (bicyclic) bond motifs is 1. The predicted octanol–water partition coefficient (Wildman–Crippen LogP) is 4.08. The summed E-state index contributed by atoms with van der Waals surface area (Å²) in [6.45, 7) is 0.779. The molecule has 0 bridgehead atoms. The lowest BCUT2D eigenvalue weighted by atomic mass is 9.97. The molecule has 1 fully saturated rings. The zero-order valence-corrected chi connectivity index (χ0v) is 20.0. The van der Waals surface area contributed by atoms with E-state index in [2.05, 4.69) is 4.83 Å². The first kappa shape index (κ1) is 24.6. The number of rotatable bonds is 7. The van der Waals surface area contributed by atoms with Crippen LogP contribution >= 0.6 is 0 Å². The summed E-state index contributed by atoms with van der Waals surface area (Å²) in [6.07, 6.45) is 1.50. The molecule has 0 unspecified atom stereocenters. The van der Waals surface area contributed by atoms with Gasteiger partial charge < -0.3 is 14.2 Å². The second-order valence-electron chi connectivity index (χ2n) is 8.60. The van der Waals surface area contributed by atoms with Crippen LogP contribution in [0.3, 0.4) is 0 Å². The summed E-state index contributed by atoms with van der Waals surface area (Å²) in [4.78, 5) is 1.82. The van der Waals surface area contributed by atoms with Crippen molar-refractivity contribution in [2.45, 2.75) is 29.6 Å². The van der Waals surface area contributed by atoms with Gasteiger partial charge >= 0.3 is 5.79 Å². The van der Waals surface area contributed by atoms with Crippen LogP contribution in [0.25, 0.3) is 0 Å². The average Bonchev–Trinajstić information content (AvgIpc) is 3.43. The van der Waals surface area contributed by atoms with Crippen molar-refractivity contribution in [1.82, 2.24) is 9.84 Å². The molecule has 1 atom stereocenters. The van der Waals surface area contributed by atoms with Gasteiger partial charge in [0.1, 0.15) is 22.3 Å². The molecule has 5 rings (SSSR count). The molecule has 2 aliphatic rings. The molecule has 0 aliphatic carbocycles. The maximum Gasteiger partial charge on any atom is 0.305 e. The summed E-state index contributed by atoms with van der Waals surface area (Å²) < 4.78 is 85.9. The van der Waals surface area contributed by atoms with Crippen molar-refractivity contribution >= 4 is 10.0 Å². The van der Waals surface area contributed by atoms with Crippen LogP contribution < -0.4 is 14.3 Å². The molecule has 0 spiro atoms. The Morgan fingerprint density at radius 1 is 0.972 bits per heavy atom. The molecule has 0 amide bonds. The van der Waals surface area contributed by atoms with Crippen LogP contribution in [0.15, 0.2) is 65.6 Å². The molecule has 11 heteroatoms. The van der Waals surface area contributed by atoms with Crippen LogP contribution in [0.4, 0.5) is 13.2 Å². The van der Waals surface area contributed by atoms with Gasteiger partial charge in [0.25, 0.3) is 10.0 Å². The van der Waals surface area contributed by atoms with Crippen LogP contribution in [0.5, 0.6) is 11.5 Å². The molecule has 0 saturated carbocycles. The van der Waals surface area contributed by atoms with Gasteiger partial charge in [0.2, 0.25) is 0 Å². The van der Waals surface area contributed by atoms with E-state index in [9.17, 15) is 17.2 Å². The van der Waals surface area contributed by atoms with Gasteiger partial charge in [0.15, 0.2) is 11.5 Å². The number of benzene rings is 3. The molecule has 3 aromatic rings. The van der Waals surface area contributed by atoms with Crippen molar-refractivity contribution in [3.05, 3.63) is 89.2 Å². The Balaban J connectivity index is 1.52. The Hall–Kier alpha value is -3.12. The van der Waals surface area contributed by atoms with E-state index in [0.29, 0.717) is 24.3 Å². The van der Waals surface area contributed by atoms with E-state index in [1.165, 1.54) is 60.6 Å². The number of hydrogen-bond acceptors (Lipinski definition) is 6. The maximum atomic E-state index is 15.1. The van der Waals surface area contributed by atoms with Gasteiger partial charge in [-0.05, 0) is 61.4 Å². The summed E-state index contributed by atoms with van der Waals surface area (Å²) in [5.41, 5.74) is 0.684. The number of sulfonamides is 1. The van der Waals surface area contributed by atoms with Crippen LogP contribution in [-0.2, 0) is 20.5 Å². The summed E-state index contributed by atoms with van der Waals surface area (Å²) >= 11 is 0. The third kappa shape index (κ3) is 4.43. The second-order valence-corrected chi connectivity index (χ2v) is 10.2. The molecule has 1 N–H and O–H groups in total. The number of nitrogens with zero attached hydrogens (tertiary/aromatic N) is 1. The van der Waals surface area contributed by atoms with Crippen molar-refractivity contribution in [1.29, 1.82) is 0 Å². The predicted molar refractivity (Wildman–Crippen MR) is 123 cm³/mol. The van der Waals surface area contributed by atoms with Gasteiger partial charge in [-0.2, -0.15) is 0 Å². The first-order chi connectivity index (χ1) is 17.2. The van der Waals surface area contributed by atoms with Crippen LogP contribution in [-0.4, -0.2) is 39.7 Å².